The zero-order valence-corrected chi connectivity index (χ0v) is 15.9. The van der Waals surface area contributed by atoms with Gasteiger partial charge < -0.3 is 20.5 Å². The molecular formula is C19H22N6O3S. The van der Waals surface area contributed by atoms with Crippen LogP contribution in [0.2, 0.25) is 0 Å². The molecule has 4 N–H and O–H groups in total. The molecule has 1 aliphatic rings. The molecule has 4 rings (SSSR count). The molecule has 1 saturated heterocycles. The predicted octanol–water partition coefficient (Wildman–Crippen LogP) is 1.48. The van der Waals surface area contributed by atoms with Gasteiger partial charge in [0.1, 0.15) is 5.69 Å². The normalized spacial score (nSPS) is 26.0. The molecule has 152 valence electrons. The van der Waals surface area contributed by atoms with Gasteiger partial charge in [-0.05, 0) is 36.4 Å². The Morgan fingerprint density at radius 3 is 2.69 bits per heavy atom. The molecule has 3 heterocycles. The highest BCUT2D eigenvalue weighted by Crippen LogP contribution is 2.23. The van der Waals surface area contributed by atoms with Gasteiger partial charge in [0.05, 0.1) is 22.9 Å². The number of piperazine rings is 1. The van der Waals surface area contributed by atoms with Crippen molar-refractivity contribution in [2.75, 3.05) is 47.6 Å². The van der Waals surface area contributed by atoms with E-state index in [0.717, 1.165) is 12.5 Å². The first-order chi connectivity index (χ1) is 16.8. The Balaban J connectivity index is 1.83. The molecule has 0 aliphatic carbocycles. The van der Waals surface area contributed by atoms with E-state index in [-0.39, 0.29) is 26.9 Å². The van der Waals surface area contributed by atoms with Crippen molar-refractivity contribution in [2.24, 2.45) is 0 Å². The number of rotatable bonds is 4. The average molecular weight is 423 g/mol. The fourth-order valence-electron chi connectivity index (χ4n) is 2.71. The van der Waals surface area contributed by atoms with Crippen LogP contribution in [0.1, 0.15) is 21.5 Å². The van der Waals surface area contributed by atoms with E-state index >= 15 is 0 Å². The lowest BCUT2D eigenvalue weighted by Crippen LogP contribution is -2.49. The summed E-state index contributed by atoms with van der Waals surface area (Å²) in [5, 5.41) is 0.309. The van der Waals surface area contributed by atoms with E-state index in [2.05, 4.69) is 14.7 Å². The van der Waals surface area contributed by atoms with Crippen molar-refractivity contribution in [1.82, 2.24) is 14.9 Å². The molecule has 9 nitrogen and oxygen atoms in total. The zero-order valence-electron chi connectivity index (χ0n) is 23.1. The molecule has 3 aromatic rings. The number of benzene rings is 1. The molecule has 1 fully saturated rings. The first-order valence-corrected chi connectivity index (χ1v) is 10.2. The van der Waals surface area contributed by atoms with Gasteiger partial charge in [0.25, 0.3) is 5.91 Å². The van der Waals surface area contributed by atoms with Gasteiger partial charge in [-0.15, -0.1) is 0 Å². The second-order valence-corrected chi connectivity index (χ2v) is 7.95. The number of pyridine rings is 1. The topological polar surface area (TPSA) is 124 Å². The number of nitrogen functional groups attached to an aromatic ring is 1. The molecule has 0 saturated carbocycles. The standard InChI is InChI=1S/C19H22N6O3S/c1-29(27,28)23-14-4-5-16-13(11-14)12-17(22-16)19(26)25-9-7-24(8-10-25)18-15(20)3-2-6-21-18/h2-6,11-12,22-23H,7-10,20H2,1H3/i7D2,8D2,9D2,10D2. The van der Waals surface area contributed by atoms with Crippen molar-refractivity contribution < 1.29 is 24.2 Å². The van der Waals surface area contributed by atoms with Gasteiger partial charge in [-0.25, -0.2) is 13.4 Å². The quantitative estimate of drug-likeness (QED) is 0.585. The van der Waals surface area contributed by atoms with Crippen molar-refractivity contribution in [3.05, 3.63) is 48.3 Å². The van der Waals surface area contributed by atoms with Crippen LogP contribution in [0.3, 0.4) is 0 Å². The van der Waals surface area contributed by atoms with Crippen LogP contribution in [0.15, 0.2) is 42.6 Å². The number of hydrogen-bond acceptors (Lipinski definition) is 6. The monoisotopic (exact) mass is 422 g/mol. The van der Waals surface area contributed by atoms with Crippen LogP contribution >= 0.6 is 0 Å². The van der Waals surface area contributed by atoms with E-state index in [1.807, 2.05) is 0 Å². The first-order valence-electron chi connectivity index (χ1n) is 12.3. The maximum atomic E-state index is 13.5. The number of aromatic amines is 1. The number of carbonyl (C=O) groups excluding carboxylic acids is 1. The average Bonchev–Trinajstić information content (AvgIpc) is 3.16. The summed E-state index contributed by atoms with van der Waals surface area (Å²) in [5.74, 6) is -1.90. The molecule has 10 heteroatoms. The summed E-state index contributed by atoms with van der Waals surface area (Å²) in [6, 6.07) is 8.08. The lowest BCUT2D eigenvalue weighted by atomic mass is 10.2. The lowest BCUT2D eigenvalue weighted by molar-refractivity contribution is 0.0741. The van der Waals surface area contributed by atoms with E-state index in [0.29, 0.717) is 10.9 Å². The Hall–Kier alpha value is -3.27. The predicted molar refractivity (Wildman–Crippen MR) is 114 cm³/mol. The van der Waals surface area contributed by atoms with Gasteiger partial charge in [0.2, 0.25) is 10.0 Å². The largest absolute Gasteiger partial charge is 0.396 e. The van der Waals surface area contributed by atoms with Crippen molar-refractivity contribution in [2.45, 2.75) is 0 Å². The minimum absolute atomic E-state index is 0.115. The first kappa shape index (κ1) is 11.7. The van der Waals surface area contributed by atoms with Crippen LogP contribution in [0, 0.1) is 0 Å². The third-order valence-electron chi connectivity index (χ3n) is 3.93. The van der Waals surface area contributed by atoms with Gasteiger partial charge in [-0.3, -0.25) is 9.52 Å². The number of nitrogens with one attached hydrogen (secondary N) is 2. The van der Waals surface area contributed by atoms with Crippen LogP contribution in [0.5, 0.6) is 0 Å². The van der Waals surface area contributed by atoms with Crippen LogP contribution in [0.4, 0.5) is 17.2 Å². The minimum atomic E-state index is -3.60. The highest BCUT2D eigenvalue weighted by atomic mass is 32.2. The van der Waals surface area contributed by atoms with Crippen LogP contribution in [-0.2, 0) is 10.0 Å². The number of H-pyrrole nitrogens is 1. The van der Waals surface area contributed by atoms with Gasteiger partial charge >= 0.3 is 0 Å². The van der Waals surface area contributed by atoms with Crippen LogP contribution in [-0.4, -0.2) is 61.4 Å². The van der Waals surface area contributed by atoms with E-state index in [4.69, 9.17) is 16.7 Å². The summed E-state index contributed by atoms with van der Waals surface area (Å²) >= 11 is 0. The van der Waals surface area contributed by atoms with Gasteiger partial charge in [0, 0.05) is 48.8 Å². The number of sulfonamides is 1. The van der Waals surface area contributed by atoms with Crippen molar-refractivity contribution in [3.8, 4) is 0 Å². The summed E-state index contributed by atoms with van der Waals surface area (Å²) in [5.41, 5.74) is 5.72. The molecule has 0 bridgehead atoms. The lowest BCUT2D eigenvalue weighted by Gasteiger charge is -2.35. The summed E-state index contributed by atoms with van der Waals surface area (Å²) in [7, 11) is -3.60. The Morgan fingerprint density at radius 1 is 1.24 bits per heavy atom. The Labute approximate surface area is 179 Å². The van der Waals surface area contributed by atoms with Crippen molar-refractivity contribution in [1.29, 1.82) is 0 Å². The third-order valence-corrected chi connectivity index (χ3v) is 4.54. The van der Waals surface area contributed by atoms with Gasteiger partial charge in [-0.2, -0.15) is 0 Å². The molecule has 1 aliphatic heterocycles. The zero-order chi connectivity index (χ0) is 27.8. The second-order valence-electron chi connectivity index (χ2n) is 6.20. The molecule has 0 spiro atoms. The second kappa shape index (κ2) is 7.28. The fourth-order valence-corrected chi connectivity index (χ4v) is 3.26. The molecular weight excluding hydrogens is 392 g/mol. The highest BCUT2D eigenvalue weighted by molar-refractivity contribution is 7.92. The smallest absolute Gasteiger partial charge is 0.270 e. The van der Waals surface area contributed by atoms with Crippen LogP contribution < -0.4 is 15.4 Å². The number of nitrogens with zero attached hydrogens (tertiary/aromatic N) is 3. The Morgan fingerprint density at radius 2 is 2.00 bits per heavy atom. The number of carbonyl (C=O) groups is 1. The summed E-state index contributed by atoms with van der Waals surface area (Å²) in [4.78, 5) is 20.1. The fraction of sp³-hybridized carbons (Fsp3) is 0.263. The SMILES string of the molecule is [2H]C1([2H])N(C(=O)c2cc3cc(NS(C)(=O)=O)ccc3[nH]2)C([2H])([2H])C([2H])([2H])N(c2ncccc2N)C1([2H])[2H]. The Bertz CT molecular complexity index is 1480. The van der Waals surface area contributed by atoms with E-state index < -0.39 is 47.7 Å². The van der Waals surface area contributed by atoms with E-state index in [1.165, 1.54) is 36.4 Å². The molecule has 1 amide bonds. The maximum absolute atomic E-state index is 13.5. The van der Waals surface area contributed by atoms with Crippen molar-refractivity contribution >= 4 is 44.0 Å². The van der Waals surface area contributed by atoms with Crippen LogP contribution in [0.25, 0.3) is 10.9 Å². The molecule has 0 unspecified atom stereocenters. The summed E-state index contributed by atoms with van der Waals surface area (Å²) in [6.45, 7) is -13.6. The summed E-state index contributed by atoms with van der Waals surface area (Å²) < 4.78 is 93.3. The number of fused-ring (bicyclic) bond motifs is 1. The molecule has 2 aromatic heterocycles. The Kier molecular flexibility index (Phi) is 2.93. The number of nitrogens with two attached hydrogens (primary N) is 1. The maximum Gasteiger partial charge on any atom is 0.270 e. The highest BCUT2D eigenvalue weighted by Gasteiger charge is 2.24. The van der Waals surface area contributed by atoms with Gasteiger partial charge in [-0.1, -0.05) is 0 Å². The minimum Gasteiger partial charge on any atom is -0.396 e. The van der Waals surface area contributed by atoms with Crippen molar-refractivity contribution in [3.63, 3.8) is 0 Å². The van der Waals surface area contributed by atoms with E-state index in [9.17, 15) is 13.2 Å². The third kappa shape index (κ3) is 4.11. The molecule has 29 heavy (non-hydrogen) atoms. The molecule has 1 aromatic carbocycles. The van der Waals surface area contributed by atoms with Gasteiger partial charge in [0.15, 0.2) is 5.82 Å². The number of aromatic nitrogens is 2. The molecule has 0 atom stereocenters. The number of anilines is 3. The number of hydrogen-bond donors (Lipinski definition) is 3. The summed E-state index contributed by atoms with van der Waals surface area (Å²) in [6.07, 6.45) is 2.12. The molecule has 0 radical (unpaired) electrons. The number of amides is 1. The van der Waals surface area contributed by atoms with E-state index in [1.54, 1.807) is 0 Å².